The molecule has 1 aliphatic carbocycles. The summed E-state index contributed by atoms with van der Waals surface area (Å²) in [5.74, 6) is 0.506. The molecule has 128 valence electrons. The van der Waals surface area contributed by atoms with Crippen molar-refractivity contribution in [2.45, 2.75) is 44.7 Å². The van der Waals surface area contributed by atoms with Gasteiger partial charge < -0.3 is 15.6 Å². The number of carbonyl (C=O) groups excluding carboxylic acids is 1. The molecule has 1 fully saturated rings. The monoisotopic (exact) mass is 331 g/mol. The number of nitrogens with zero attached hydrogens (tertiary/aromatic N) is 1. The van der Waals surface area contributed by atoms with Crippen LogP contribution in [-0.4, -0.2) is 17.1 Å². The summed E-state index contributed by atoms with van der Waals surface area (Å²) in [6, 6.07) is 8.37. The van der Waals surface area contributed by atoms with Gasteiger partial charge in [0, 0.05) is 30.6 Å². The molecule has 1 aliphatic rings. The molecular formula is C18H22FN3O2. The number of rotatable bonds is 6. The third-order valence-corrected chi connectivity index (χ3v) is 4.53. The van der Waals surface area contributed by atoms with E-state index in [-0.39, 0.29) is 11.7 Å². The average molecular weight is 331 g/mol. The molecule has 1 aromatic heterocycles. The Morgan fingerprint density at radius 2 is 2.12 bits per heavy atom. The Morgan fingerprint density at radius 3 is 2.88 bits per heavy atom. The van der Waals surface area contributed by atoms with Crippen LogP contribution in [0.4, 0.5) is 4.39 Å². The number of carbonyl (C=O) groups is 1. The Hall–Kier alpha value is -2.21. The third-order valence-electron chi connectivity index (χ3n) is 4.53. The van der Waals surface area contributed by atoms with Gasteiger partial charge in [-0.2, -0.15) is 0 Å². The van der Waals surface area contributed by atoms with Crippen LogP contribution in [0.15, 0.2) is 34.9 Å². The number of benzene rings is 1. The van der Waals surface area contributed by atoms with E-state index < -0.39 is 0 Å². The zero-order valence-electron chi connectivity index (χ0n) is 13.5. The number of nitrogens with one attached hydrogen (secondary N) is 1. The summed E-state index contributed by atoms with van der Waals surface area (Å²) < 4.78 is 18.3. The van der Waals surface area contributed by atoms with Gasteiger partial charge in [0.15, 0.2) is 5.76 Å². The second kappa shape index (κ2) is 7.57. The smallest absolute Gasteiger partial charge is 0.217 e. The van der Waals surface area contributed by atoms with Crippen LogP contribution in [0.2, 0.25) is 0 Å². The van der Waals surface area contributed by atoms with Gasteiger partial charge in [-0.05, 0) is 49.4 Å². The zero-order valence-corrected chi connectivity index (χ0v) is 13.5. The maximum atomic E-state index is 13.0. The van der Waals surface area contributed by atoms with Crippen molar-refractivity contribution in [2.24, 2.45) is 11.7 Å². The third kappa shape index (κ3) is 4.41. The number of amides is 1. The van der Waals surface area contributed by atoms with Crippen LogP contribution in [-0.2, 0) is 11.3 Å². The fraction of sp³-hybridized carbons (Fsp3) is 0.444. The van der Waals surface area contributed by atoms with Crippen molar-refractivity contribution in [3.05, 3.63) is 41.8 Å². The summed E-state index contributed by atoms with van der Waals surface area (Å²) in [7, 11) is 0. The standard InChI is InChI=1S/C18H22FN3O2/c19-14-6-4-13(5-7-14)17-10-16(22-24-17)11-21-15-3-1-2-12(8-15)9-18(20)23/h4-7,10,12,15,21H,1-3,8-9,11H2,(H2,20,23). The van der Waals surface area contributed by atoms with Crippen LogP contribution in [0.1, 0.15) is 37.8 Å². The molecule has 0 aliphatic heterocycles. The Morgan fingerprint density at radius 1 is 1.33 bits per heavy atom. The minimum absolute atomic E-state index is 0.221. The summed E-state index contributed by atoms with van der Waals surface area (Å²) in [6.45, 7) is 0.610. The molecule has 0 spiro atoms. The van der Waals surface area contributed by atoms with Gasteiger partial charge in [0.05, 0.1) is 5.69 Å². The van der Waals surface area contributed by atoms with Gasteiger partial charge in [0.25, 0.3) is 0 Å². The molecule has 2 unspecified atom stereocenters. The van der Waals surface area contributed by atoms with Gasteiger partial charge in [-0.15, -0.1) is 0 Å². The Balaban J connectivity index is 1.53. The van der Waals surface area contributed by atoms with E-state index in [1.54, 1.807) is 12.1 Å². The molecule has 24 heavy (non-hydrogen) atoms. The molecule has 2 aromatic rings. The zero-order chi connectivity index (χ0) is 16.9. The van der Waals surface area contributed by atoms with Crippen LogP contribution in [0, 0.1) is 11.7 Å². The quantitative estimate of drug-likeness (QED) is 0.852. The highest BCUT2D eigenvalue weighted by molar-refractivity contribution is 5.74. The van der Waals surface area contributed by atoms with E-state index in [0.29, 0.717) is 30.7 Å². The van der Waals surface area contributed by atoms with Gasteiger partial charge in [-0.3, -0.25) is 4.79 Å². The largest absolute Gasteiger partial charge is 0.370 e. The van der Waals surface area contributed by atoms with Crippen molar-refractivity contribution < 1.29 is 13.7 Å². The van der Waals surface area contributed by atoms with E-state index in [0.717, 1.165) is 36.9 Å². The van der Waals surface area contributed by atoms with Crippen LogP contribution in [0.5, 0.6) is 0 Å². The molecule has 1 aromatic carbocycles. The Kier molecular flexibility index (Phi) is 5.25. The molecule has 1 heterocycles. The van der Waals surface area contributed by atoms with Crippen molar-refractivity contribution in [1.82, 2.24) is 10.5 Å². The fourth-order valence-electron chi connectivity index (χ4n) is 3.34. The molecule has 0 radical (unpaired) electrons. The van der Waals surface area contributed by atoms with E-state index in [1.807, 2.05) is 6.07 Å². The number of aromatic nitrogens is 1. The first-order valence-corrected chi connectivity index (χ1v) is 8.33. The van der Waals surface area contributed by atoms with Gasteiger partial charge in [-0.1, -0.05) is 11.6 Å². The molecule has 3 rings (SSSR count). The molecule has 5 nitrogen and oxygen atoms in total. The van der Waals surface area contributed by atoms with Gasteiger partial charge in [0.1, 0.15) is 5.82 Å². The van der Waals surface area contributed by atoms with E-state index >= 15 is 0 Å². The van der Waals surface area contributed by atoms with Crippen molar-refractivity contribution in [2.75, 3.05) is 0 Å². The van der Waals surface area contributed by atoms with Gasteiger partial charge in [0.2, 0.25) is 5.91 Å². The van der Waals surface area contributed by atoms with Crippen LogP contribution in [0.3, 0.4) is 0 Å². The number of nitrogens with two attached hydrogens (primary N) is 1. The highest BCUT2D eigenvalue weighted by atomic mass is 19.1. The van der Waals surface area contributed by atoms with Crippen LogP contribution < -0.4 is 11.1 Å². The molecule has 3 N–H and O–H groups in total. The second-order valence-corrected chi connectivity index (χ2v) is 6.47. The van der Waals surface area contributed by atoms with Crippen molar-refractivity contribution in [1.29, 1.82) is 0 Å². The lowest BCUT2D eigenvalue weighted by atomic mass is 9.83. The van der Waals surface area contributed by atoms with Crippen molar-refractivity contribution in [3.63, 3.8) is 0 Å². The maximum absolute atomic E-state index is 13.0. The predicted octanol–water partition coefficient (Wildman–Crippen LogP) is 3.00. The van der Waals surface area contributed by atoms with E-state index in [9.17, 15) is 9.18 Å². The van der Waals surface area contributed by atoms with E-state index in [1.165, 1.54) is 12.1 Å². The first-order chi connectivity index (χ1) is 11.6. The number of halogens is 1. The minimum Gasteiger partial charge on any atom is -0.370 e. The maximum Gasteiger partial charge on any atom is 0.217 e. The van der Waals surface area contributed by atoms with Crippen LogP contribution in [0.25, 0.3) is 11.3 Å². The molecule has 6 heteroatoms. The minimum atomic E-state index is -0.275. The predicted molar refractivity (Wildman–Crippen MR) is 88.3 cm³/mol. The molecular weight excluding hydrogens is 309 g/mol. The summed E-state index contributed by atoms with van der Waals surface area (Å²) in [4.78, 5) is 11.1. The van der Waals surface area contributed by atoms with Crippen molar-refractivity contribution >= 4 is 5.91 Å². The molecule has 2 atom stereocenters. The summed E-state index contributed by atoms with van der Waals surface area (Å²) >= 11 is 0. The first-order valence-electron chi connectivity index (χ1n) is 8.33. The average Bonchev–Trinajstić information content (AvgIpc) is 3.02. The topological polar surface area (TPSA) is 81.2 Å². The highest BCUT2D eigenvalue weighted by Crippen LogP contribution is 2.27. The summed E-state index contributed by atoms with van der Waals surface area (Å²) in [6.07, 6.45) is 4.70. The van der Waals surface area contributed by atoms with Crippen molar-refractivity contribution in [3.8, 4) is 11.3 Å². The molecule has 0 bridgehead atoms. The van der Waals surface area contributed by atoms with Crippen LogP contribution >= 0.6 is 0 Å². The first kappa shape index (κ1) is 16.6. The fourth-order valence-corrected chi connectivity index (χ4v) is 3.34. The second-order valence-electron chi connectivity index (χ2n) is 6.47. The molecule has 0 saturated heterocycles. The highest BCUT2D eigenvalue weighted by Gasteiger charge is 2.23. The molecule has 1 saturated carbocycles. The Bertz CT molecular complexity index is 684. The number of primary amides is 1. The SMILES string of the molecule is NC(=O)CC1CCCC(NCc2cc(-c3ccc(F)cc3)on2)C1. The molecule has 1 amide bonds. The van der Waals surface area contributed by atoms with E-state index in [4.69, 9.17) is 10.3 Å². The number of hydrogen-bond donors (Lipinski definition) is 2. The lowest BCUT2D eigenvalue weighted by Gasteiger charge is -2.29. The summed E-state index contributed by atoms with van der Waals surface area (Å²) in [5, 5.41) is 7.54. The lowest BCUT2D eigenvalue weighted by Crippen LogP contribution is -2.35. The number of hydrogen-bond acceptors (Lipinski definition) is 4. The Labute approximate surface area is 140 Å². The normalized spacial score (nSPS) is 20.9. The lowest BCUT2D eigenvalue weighted by molar-refractivity contribution is -0.119. The van der Waals surface area contributed by atoms with Gasteiger partial charge in [-0.25, -0.2) is 4.39 Å². The summed E-state index contributed by atoms with van der Waals surface area (Å²) in [5.41, 5.74) is 6.91. The van der Waals surface area contributed by atoms with E-state index in [2.05, 4.69) is 10.5 Å². The van der Waals surface area contributed by atoms with Gasteiger partial charge >= 0.3 is 0 Å².